The van der Waals surface area contributed by atoms with Crippen molar-refractivity contribution in [3.8, 4) is 22.6 Å². The van der Waals surface area contributed by atoms with Crippen molar-refractivity contribution in [2.75, 3.05) is 33.0 Å². The minimum absolute atomic E-state index is 0.0540. The Kier molecular flexibility index (Phi) is 6.88. The number of nitrogens with zero attached hydrogens (tertiary/aromatic N) is 3. The van der Waals surface area contributed by atoms with Crippen LogP contribution >= 0.6 is 0 Å². The van der Waals surface area contributed by atoms with Gasteiger partial charge in [-0.1, -0.05) is 30.3 Å². The fourth-order valence-electron chi connectivity index (χ4n) is 6.23. The summed E-state index contributed by atoms with van der Waals surface area (Å²) in [6.45, 7) is 4.17. The minimum Gasteiger partial charge on any atom is -0.454 e. The molecule has 0 spiro atoms. The number of hydrogen-bond donors (Lipinski definition) is 0. The first kappa shape index (κ1) is 25.7. The van der Waals surface area contributed by atoms with Gasteiger partial charge in [-0.05, 0) is 104 Å². The fourth-order valence-corrected chi connectivity index (χ4v) is 6.23. The summed E-state index contributed by atoms with van der Waals surface area (Å²) < 4.78 is 24.5. The molecule has 7 heteroatoms. The minimum atomic E-state index is -0.272. The second-order valence-electron chi connectivity index (χ2n) is 11.1. The monoisotopic (exact) mass is 549 g/mol. The first-order valence-corrected chi connectivity index (χ1v) is 14.4. The average molecular weight is 550 g/mol. The Morgan fingerprint density at radius 1 is 0.878 bits per heavy atom. The number of benzene rings is 3. The molecule has 2 saturated heterocycles. The Balaban J connectivity index is 1.28. The number of carbonyl (C=O) groups is 1. The van der Waals surface area contributed by atoms with Crippen molar-refractivity contribution in [2.24, 2.45) is 0 Å². The smallest absolute Gasteiger partial charge is 0.254 e. The predicted octanol–water partition coefficient (Wildman–Crippen LogP) is 6.64. The molecule has 2 fully saturated rings. The standard InChI is InChI=1S/C34H32FN3O3/c35-26-10-5-23(6-11-26)7-12-27-20-30(34(39)38-17-3-4-28(38)21-37-15-1-2-16-37)29-18-24(8-13-31(29)36-27)25-9-14-32-33(19-25)41-22-40-32/h5-14,18-20,28H,1-4,15-17,21-22H2/t28-/m0/s1. The molecule has 7 rings (SSSR count). The third-order valence-electron chi connectivity index (χ3n) is 8.39. The third kappa shape index (κ3) is 5.30. The van der Waals surface area contributed by atoms with E-state index in [1.165, 1.54) is 25.0 Å². The maximum Gasteiger partial charge on any atom is 0.254 e. The number of halogens is 1. The predicted molar refractivity (Wildman–Crippen MR) is 158 cm³/mol. The van der Waals surface area contributed by atoms with Crippen LogP contribution < -0.4 is 9.47 Å². The topological polar surface area (TPSA) is 54.9 Å². The highest BCUT2D eigenvalue weighted by Gasteiger charge is 2.32. The summed E-state index contributed by atoms with van der Waals surface area (Å²) in [5.74, 6) is 1.24. The van der Waals surface area contributed by atoms with E-state index >= 15 is 0 Å². The highest BCUT2D eigenvalue weighted by molar-refractivity contribution is 6.08. The maximum absolute atomic E-state index is 14.3. The van der Waals surface area contributed by atoms with Crippen LogP contribution in [0.3, 0.4) is 0 Å². The van der Waals surface area contributed by atoms with Crippen molar-refractivity contribution in [1.29, 1.82) is 0 Å². The van der Waals surface area contributed by atoms with Crippen molar-refractivity contribution >= 4 is 29.0 Å². The van der Waals surface area contributed by atoms with Crippen LogP contribution in [0, 0.1) is 5.82 Å². The van der Waals surface area contributed by atoms with Crippen LogP contribution in [0.25, 0.3) is 34.2 Å². The molecule has 0 unspecified atom stereocenters. The fraction of sp³-hybridized carbons (Fsp3) is 0.294. The van der Waals surface area contributed by atoms with Crippen LogP contribution in [0.15, 0.2) is 66.7 Å². The number of amides is 1. The molecule has 1 atom stereocenters. The van der Waals surface area contributed by atoms with Gasteiger partial charge in [0.25, 0.3) is 5.91 Å². The van der Waals surface area contributed by atoms with Gasteiger partial charge in [-0.3, -0.25) is 4.79 Å². The van der Waals surface area contributed by atoms with Gasteiger partial charge in [-0.2, -0.15) is 0 Å². The van der Waals surface area contributed by atoms with Gasteiger partial charge in [0.15, 0.2) is 11.5 Å². The van der Waals surface area contributed by atoms with Crippen molar-refractivity contribution in [2.45, 2.75) is 31.7 Å². The van der Waals surface area contributed by atoms with Crippen LogP contribution in [0.2, 0.25) is 0 Å². The molecule has 3 aliphatic rings. The number of aromatic nitrogens is 1. The summed E-state index contributed by atoms with van der Waals surface area (Å²) in [5.41, 5.74) is 4.94. The molecule has 0 N–H and O–H groups in total. The number of fused-ring (bicyclic) bond motifs is 2. The molecule has 0 aliphatic carbocycles. The van der Waals surface area contributed by atoms with Gasteiger partial charge in [0.2, 0.25) is 6.79 Å². The number of hydrogen-bond acceptors (Lipinski definition) is 5. The maximum atomic E-state index is 14.3. The van der Waals surface area contributed by atoms with E-state index in [2.05, 4.69) is 15.9 Å². The second kappa shape index (κ2) is 11.0. The SMILES string of the molecule is O=C(c1cc(C=Cc2ccc(F)cc2)nc2ccc(-c3ccc4c(c3)OCO4)cc12)N1CCC[C@H]1CN1CCCC1. The third-order valence-corrected chi connectivity index (χ3v) is 8.39. The molecule has 0 bridgehead atoms. The van der Waals surface area contributed by atoms with Gasteiger partial charge in [0.05, 0.1) is 16.8 Å². The van der Waals surface area contributed by atoms with Crippen molar-refractivity contribution in [3.63, 3.8) is 0 Å². The van der Waals surface area contributed by atoms with E-state index < -0.39 is 0 Å². The van der Waals surface area contributed by atoms with Crippen LogP contribution in [0.1, 0.15) is 47.3 Å². The van der Waals surface area contributed by atoms with E-state index in [-0.39, 0.29) is 24.6 Å². The zero-order chi connectivity index (χ0) is 27.8. The first-order valence-electron chi connectivity index (χ1n) is 14.4. The van der Waals surface area contributed by atoms with E-state index in [0.29, 0.717) is 11.3 Å². The normalized spacial score (nSPS) is 18.7. The zero-order valence-electron chi connectivity index (χ0n) is 22.9. The molecule has 1 amide bonds. The largest absolute Gasteiger partial charge is 0.454 e. The molecule has 41 heavy (non-hydrogen) atoms. The van der Waals surface area contributed by atoms with Gasteiger partial charge in [0, 0.05) is 24.5 Å². The molecule has 6 nitrogen and oxygen atoms in total. The lowest BCUT2D eigenvalue weighted by Gasteiger charge is -2.29. The molecular weight excluding hydrogens is 517 g/mol. The van der Waals surface area contributed by atoms with Gasteiger partial charge in [-0.25, -0.2) is 9.37 Å². The van der Waals surface area contributed by atoms with Gasteiger partial charge in [-0.15, -0.1) is 0 Å². The van der Waals surface area contributed by atoms with Gasteiger partial charge < -0.3 is 19.3 Å². The highest BCUT2D eigenvalue weighted by atomic mass is 19.1. The molecule has 208 valence electrons. The number of carbonyl (C=O) groups excluding carboxylic acids is 1. The van der Waals surface area contributed by atoms with Crippen LogP contribution in [-0.4, -0.2) is 59.7 Å². The molecular formula is C34H32FN3O3. The van der Waals surface area contributed by atoms with E-state index in [9.17, 15) is 9.18 Å². The molecule has 0 saturated carbocycles. The quantitative estimate of drug-likeness (QED) is 0.270. The lowest BCUT2D eigenvalue weighted by Crippen LogP contribution is -2.42. The Morgan fingerprint density at radius 2 is 1.66 bits per heavy atom. The number of likely N-dealkylation sites (tertiary alicyclic amines) is 2. The van der Waals surface area contributed by atoms with E-state index in [1.807, 2.05) is 48.6 Å². The molecule has 0 radical (unpaired) electrons. The van der Waals surface area contributed by atoms with E-state index in [1.54, 1.807) is 12.1 Å². The summed E-state index contributed by atoms with van der Waals surface area (Å²) in [6, 6.07) is 20.4. The number of rotatable bonds is 6. The molecule has 4 heterocycles. The summed E-state index contributed by atoms with van der Waals surface area (Å²) >= 11 is 0. The lowest BCUT2D eigenvalue weighted by atomic mass is 9.99. The lowest BCUT2D eigenvalue weighted by molar-refractivity contribution is 0.0710. The Morgan fingerprint density at radius 3 is 2.51 bits per heavy atom. The summed E-state index contributed by atoms with van der Waals surface area (Å²) in [5, 5.41) is 0.830. The van der Waals surface area contributed by atoms with Crippen molar-refractivity contribution in [3.05, 3.63) is 89.4 Å². The van der Waals surface area contributed by atoms with E-state index in [0.717, 1.165) is 78.1 Å². The van der Waals surface area contributed by atoms with Crippen molar-refractivity contribution in [1.82, 2.24) is 14.8 Å². The van der Waals surface area contributed by atoms with Crippen LogP contribution in [0.4, 0.5) is 4.39 Å². The average Bonchev–Trinajstić information content (AvgIpc) is 3.78. The Bertz CT molecular complexity index is 1630. The molecule has 3 aromatic carbocycles. The van der Waals surface area contributed by atoms with Gasteiger partial charge >= 0.3 is 0 Å². The number of pyridine rings is 1. The zero-order valence-corrected chi connectivity index (χ0v) is 22.9. The Hall–Kier alpha value is -4.23. The Labute approximate surface area is 239 Å². The van der Waals surface area contributed by atoms with E-state index in [4.69, 9.17) is 14.5 Å². The molecule has 3 aliphatic heterocycles. The van der Waals surface area contributed by atoms with Crippen molar-refractivity contribution < 1.29 is 18.7 Å². The summed E-state index contributed by atoms with van der Waals surface area (Å²) in [7, 11) is 0. The summed E-state index contributed by atoms with van der Waals surface area (Å²) in [4.78, 5) is 23.7. The molecule has 4 aromatic rings. The highest BCUT2D eigenvalue weighted by Crippen LogP contribution is 2.37. The second-order valence-corrected chi connectivity index (χ2v) is 11.1. The molecule has 1 aromatic heterocycles. The first-order chi connectivity index (χ1) is 20.1. The van der Waals surface area contributed by atoms with Gasteiger partial charge in [0.1, 0.15) is 5.82 Å². The number of ether oxygens (including phenoxy) is 2. The van der Waals surface area contributed by atoms with Crippen LogP contribution in [-0.2, 0) is 0 Å². The van der Waals surface area contributed by atoms with Crippen LogP contribution in [0.5, 0.6) is 11.5 Å². The summed E-state index contributed by atoms with van der Waals surface area (Å²) in [6.07, 6.45) is 8.32.